The Kier molecular flexibility index (Phi) is 3.16. The lowest BCUT2D eigenvalue weighted by molar-refractivity contribution is 1.63. The quantitative estimate of drug-likeness (QED) is 0.497. The van der Waals surface area contributed by atoms with Gasteiger partial charge in [0, 0.05) is 17.3 Å². The third-order valence-corrected chi connectivity index (χ3v) is 2.94. The van der Waals surface area contributed by atoms with Gasteiger partial charge in [-0.25, -0.2) is 0 Å². The third-order valence-electron chi connectivity index (χ3n) is 2.94. The van der Waals surface area contributed by atoms with E-state index in [1.54, 1.807) is 0 Å². The van der Waals surface area contributed by atoms with E-state index in [0.717, 1.165) is 11.3 Å². The Balaban J connectivity index is 1.81. The number of rotatable bonds is 1. The average molecular weight is 243 g/mol. The first kappa shape index (κ1) is 11.4. The van der Waals surface area contributed by atoms with Crippen molar-refractivity contribution < 1.29 is 0 Å². The van der Waals surface area contributed by atoms with Gasteiger partial charge in [0.15, 0.2) is 0 Å². The maximum absolute atomic E-state index is 3.12. The van der Waals surface area contributed by atoms with Crippen LogP contribution in [0, 0.1) is 12.0 Å². The van der Waals surface area contributed by atoms with Crippen LogP contribution in [0.5, 0.6) is 0 Å². The molecule has 0 aliphatic carbocycles. The summed E-state index contributed by atoms with van der Waals surface area (Å²) in [5, 5.41) is 5.58. The molecular formula is C18H13N. The molecule has 3 rings (SSSR count). The van der Waals surface area contributed by atoms with Crippen molar-refractivity contribution in [2.24, 2.45) is 0 Å². The molecule has 19 heavy (non-hydrogen) atoms. The van der Waals surface area contributed by atoms with Gasteiger partial charge in [-0.3, -0.25) is 0 Å². The van der Waals surface area contributed by atoms with Crippen LogP contribution in [0.15, 0.2) is 72.8 Å². The Morgan fingerprint density at radius 1 is 0.684 bits per heavy atom. The van der Waals surface area contributed by atoms with Crippen molar-refractivity contribution >= 4 is 16.5 Å². The van der Waals surface area contributed by atoms with Crippen LogP contribution in [-0.2, 0) is 0 Å². The van der Waals surface area contributed by atoms with E-state index >= 15 is 0 Å². The summed E-state index contributed by atoms with van der Waals surface area (Å²) in [5.74, 6) is 3.08. The Morgan fingerprint density at radius 3 is 2.26 bits per heavy atom. The van der Waals surface area contributed by atoms with Gasteiger partial charge in [0.05, 0.1) is 0 Å². The molecule has 0 aliphatic rings. The Labute approximate surface area is 112 Å². The zero-order chi connectivity index (χ0) is 12.9. The number of nitrogens with one attached hydrogen (secondary N) is 1. The third kappa shape index (κ3) is 2.75. The van der Waals surface area contributed by atoms with E-state index in [-0.39, 0.29) is 0 Å². The van der Waals surface area contributed by atoms with Crippen LogP contribution in [0.3, 0.4) is 0 Å². The summed E-state index contributed by atoms with van der Waals surface area (Å²) in [6.45, 7) is 0. The van der Waals surface area contributed by atoms with E-state index in [9.17, 15) is 0 Å². The number of benzene rings is 3. The molecule has 0 atom stereocenters. The molecule has 0 unspecified atom stereocenters. The number of fused-ring (bicyclic) bond motifs is 1. The molecule has 3 aromatic rings. The van der Waals surface area contributed by atoms with Crippen molar-refractivity contribution in [3.8, 4) is 12.0 Å². The first-order valence-corrected chi connectivity index (χ1v) is 6.23. The average Bonchev–Trinajstić information content (AvgIpc) is 2.48. The van der Waals surface area contributed by atoms with Crippen LogP contribution in [0.4, 0.5) is 5.69 Å². The molecule has 0 radical (unpaired) electrons. The van der Waals surface area contributed by atoms with E-state index in [1.807, 2.05) is 48.5 Å². The highest BCUT2D eigenvalue weighted by molar-refractivity contribution is 5.85. The first-order valence-electron chi connectivity index (χ1n) is 6.23. The molecule has 1 nitrogen and oxygen atoms in total. The smallest absolute Gasteiger partial charge is 0.0465 e. The minimum Gasteiger partial charge on any atom is -0.315 e. The minimum atomic E-state index is 1.01. The molecule has 0 amide bonds. The van der Waals surface area contributed by atoms with Gasteiger partial charge in [0.1, 0.15) is 0 Å². The zero-order valence-electron chi connectivity index (χ0n) is 10.4. The summed E-state index contributed by atoms with van der Waals surface area (Å²) >= 11 is 0. The fraction of sp³-hybridized carbons (Fsp3) is 0. The molecule has 0 fully saturated rings. The van der Waals surface area contributed by atoms with Gasteiger partial charge < -0.3 is 5.32 Å². The topological polar surface area (TPSA) is 12.0 Å². The summed E-state index contributed by atoms with van der Waals surface area (Å²) in [5.41, 5.74) is 2.03. The number of hydrogen-bond donors (Lipinski definition) is 1. The van der Waals surface area contributed by atoms with Crippen LogP contribution in [0.1, 0.15) is 5.56 Å². The van der Waals surface area contributed by atoms with Gasteiger partial charge >= 0.3 is 0 Å². The van der Waals surface area contributed by atoms with Crippen LogP contribution < -0.4 is 5.32 Å². The predicted molar refractivity (Wildman–Crippen MR) is 80.9 cm³/mol. The van der Waals surface area contributed by atoms with Crippen LogP contribution in [-0.4, -0.2) is 0 Å². The molecular weight excluding hydrogens is 230 g/mol. The lowest BCUT2D eigenvalue weighted by Crippen LogP contribution is -1.88. The van der Waals surface area contributed by atoms with Crippen molar-refractivity contribution in [1.82, 2.24) is 0 Å². The second kappa shape index (κ2) is 5.29. The molecule has 0 saturated heterocycles. The fourth-order valence-corrected chi connectivity index (χ4v) is 1.96. The lowest BCUT2D eigenvalue weighted by Gasteiger charge is -2.01. The van der Waals surface area contributed by atoms with Gasteiger partial charge in [-0.15, -0.1) is 0 Å². The largest absolute Gasteiger partial charge is 0.315 e. The van der Waals surface area contributed by atoms with Gasteiger partial charge in [-0.1, -0.05) is 48.5 Å². The molecule has 0 saturated carbocycles. The Hall–Kier alpha value is -2.72. The fourth-order valence-electron chi connectivity index (χ4n) is 1.96. The zero-order valence-corrected chi connectivity index (χ0v) is 10.4. The van der Waals surface area contributed by atoms with Crippen LogP contribution >= 0.6 is 0 Å². The van der Waals surface area contributed by atoms with E-state index in [2.05, 4.69) is 41.5 Å². The van der Waals surface area contributed by atoms with Crippen molar-refractivity contribution in [2.75, 3.05) is 5.32 Å². The lowest BCUT2D eigenvalue weighted by atomic mass is 10.1. The second-order valence-corrected chi connectivity index (χ2v) is 4.30. The van der Waals surface area contributed by atoms with Gasteiger partial charge in [0.25, 0.3) is 0 Å². The number of anilines is 1. The van der Waals surface area contributed by atoms with Crippen molar-refractivity contribution in [3.05, 3.63) is 78.4 Å². The van der Waals surface area contributed by atoms with Gasteiger partial charge in [0.2, 0.25) is 0 Å². The molecule has 0 heterocycles. The number of hydrogen-bond acceptors (Lipinski definition) is 1. The van der Waals surface area contributed by atoms with E-state index in [1.165, 1.54) is 10.8 Å². The van der Waals surface area contributed by atoms with Crippen LogP contribution in [0.25, 0.3) is 10.8 Å². The highest BCUT2D eigenvalue weighted by Crippen LogP contribution is 2.18. The summed E-state index contributed by atoms with van der Waals surface area (Å²) in [6.07, 6.45) is 0. The highest BCUT2D eigenvalue weighted by atomic mass is 14.8. The summed E-state index contributed by atoms with van der Waals surface area (Å²) in [6, 6.07) is 27.5. The van der Waals surface area contributed by atoms with Crippen LogP contribution in [0.2, 0.25) is 0 Å². The van der Waals surface area contributed by atoms with Gasteiger partial charge in [-0.2, -0.15) is 0 Å². The SMILES string of the molecule is C(#Cc1ccccc1)Nc1ccc2ccccc2c1. The maximum atomic E-state index is 3.12. The normalized spacial score (nSPS) is 9.68. The predicted octanol–water partition coefficient (Wildman–Crippen LogP) is 4.26. The Bertz CT molecular complexity index is 748. The van der Waals surface area contributed by atoms with E-state index in [0.29, 0.717) is 0 Å². The molecule has 3 aromatic carbocycles. The molecule has 90 valence electrons. The highest BCUT2D eigenvalue weighted by Gasteiger charge is 1.93. The summed E-state index contributed by atoms with van der Waals surface area (Å²) in [4.78, 5) is 0. The van der Waals surface area contributed by atoms with E-state index in [4.69, 9.17) is 0 Å². The molecule has 0 spiro atoms. The summed E-state index contributed by atoms with van der Waals surface area (Å²) < 4.78 is 0. The van der Waals surface area contributed by atoms with Crippen molar-refractivity contribution in [3.63, 3.8) is 0 Å². The van der Waals surface area contributed by atoms with Crippen molar-refractivity contribution in [1.29, 1.82) is 0 Å². The molecule has 1 N–H and O–H groups in total. The Morgan fingerprint density at radius 2 is 1.42 bits per heavy atom. The molecule has 0 aliphatic heterocycles. The maximum Gasteiger partial charge on any atom is 0.0465 e. The standard InChI is InChI=1S/C18H13N/c1-2-6-15(7-3-1)12-13-19-18-11-10-16-8-4-5-9-17(16)14-18/h1-11,14,19H. The monoisotopic (exact) mass is 243 g/mol. The van der Waals surface area contributed by atoms with E-state index < -0.39 is 0 Å². The first-order chi connectivity index (χ1) is 9.42. The van der Waals surface area contributed by atoms with Crippen molar-refractivity contribution in [2.45, 2.75) is 0 Å². The summed E-state index contributed by atoms with van der Waals surface area (Å²) in [7, 11) is 0. The second-order valence-electron chi connectivity index (χ2n) is 4.30. The minimum absolute atomic E-state index is 1.01. The molecule has 0 aromatic heterocycles. The van der Waals surface area contributed by atoms with Gasteiger partial charge in [-0.05, 0) is 41.0 Å². The molecule has 0 bridgehead atoms. The molecule has 1 heteroatoms.